The van der Waals surface area contributed by atoms with E-state index in [1.165, 1.54) is 36.1 Å². The largest absolute Gasteiger partial charge is 0.524 e. The summed E-state index contributed by atoms with van der Waals surface area (Å²) in [6.07, 6.45) is 5.76. The Morgan fingerprint density at radius 3 is 2.43 bits per heavy atom. The van der Waals surface area contributed by atoms with Gasteiger partial charge in [0, 0.05) is 26.4 Å². The van der Waals surface area contributed by atoms with Crippen LogP contribution in [-0.4, -0.2) is 62.5 Å². The van der Waals surface area contributed by atoms with Crippen LogP contribution >= 0.6 is 7.82 Å². The lowest BCUT2D eigenvalue weighted by molar-refractivity contribution is -0.149. The number of likely N-dealkylation sites (tertiary alicyclic amines) is 1. The van der Waals surface area contributed by atoms with Crippen LogP contribution in [0.1, 0.15) is 37.3 Å². The predicted octanol–water partition coefficient (Wildman–Crippen LogP) is 2.50. The first-order valence-corrected chi connectivity index (χ1v) is 13.5. The number of phosphoric acid groups is 1. The standard InChI is InChI=1S/C26H32N3O7P/c1-19(30)29(24(25(27)31)18-21-12-14-22(15-13-21)36-37(33,34)35)23-11-5-6-16-28(26(23)32)17-7-10-20-8-3-2-4-9-20/h2-4,7-10,12-15,23-24H,5-6,11,16-18H2,1H3,(H2,27,31)(H2,33,34,35)/t23-,24-/m0/s1. The van der Waals surface area contributed by atoms with Gasteiger partial charge in [-0.1, -0.05) is 54.6 Å². The molecule has 0 aromatic heterocycles. The molecule has 37 heavy (non-hydrogen) atoms. The highest BCUT2D eigenvalue weighted by Crippen LogP contribution is 2.37. The number of rotatable bonds is 10. The van der Waals surface area contributed by atoms with Crippen molar-refractivity contribution in [2.45, 2.75) is 44.7 Å². The van der Waals surface area contributed by atoms with E-state index < -0.39 is 31.7 Å². The summed E-state index contributed by atoms with van der Waals surface area (Å²) in [5.41, 5.74) is 7.30. The summed E-state index contributed by atoms with van der Waals surface area (Å²) in [5.74, 6) is -1.47. The zero-order valence-electron chi connectivity index (χ0n) is 20.6. The second kappa shape index (κ2) is 12.7. The van der Waals surface area contributed by atoms with Gasteiger partial charge in [0.1, 0.15) is 17.8 Å². The number of carbonyl (C=O) groups is 3. The molecule has 198 valence electrons. The monoisotopic (exact) mass is 529 g/mol. The molecular weight excluding hydrogens is 497 g/mol. The number of nitrogens with two attached hydrogens (primary N) is 1. The fourth-order valence-corrected chi connectivity index (χ4v) is 4.84. The molecule has 0 bridgehead atoms. The molecule has 1 aliphatic heterocycles. The van der Waals surface area contributed by atoms with Crippen molar-refractivity contribution in [2.24, 2.45) is 5.73 Å². The molecule has 10 nitrogen and oxygen atoms in total. The van der Waals surface area contributed by atoms with Gasteiger partial charge in [-0.05, 0) is 42.5 Å². The van der Waals surface area contributed by atoms with Gasteiger partial charge in [0.2, 0.25) is 17.7 Å². The summed E-state index contributed by atoms with van der Waals surface area (Å²) < 4.78 is 15.6. The molecular formula is C26H32N3O7P. The Kier molecular flexibility index (Phi) is 9.63. The van der Waals surface area contributed by atoms with Gasteiger partial charge in [0.05, 0.1) is 0 Å². The van der Waals surface area contributed by atoms with Gasteiger partial charge in [-0.15, -0.1) is 0 Å². The number of primary amides is 1. The maximum atomic E-state index is 13.5. The molecule has 4 N–H and O–H groups in total. The highest BCUT2D eigenvalue weighted by atomic mass is 31.2. The molecule has 1 aliphatic rings. The van der Waals surface area contributed by atoms with Crippen LogP contribution < -0.4 is 10.3 Å². The number of phosphoric ester groups is 1. The number of nitrogens with zero attached hydrogens (tertiary/aromatic N) is 2. The lowest BCUT2D eigenvalue weighted by Gasteiger charge is -2.36. The van der Waals surface area contributed by atoms with Crippen molar-refractivity contribution in [3.63, 3.8) is 0 Å². The van der Waals surface area contributed by atoms with E-state index in [2.05, 4.69) is 4.52 Å². The van der Waals surface area contributed by atoms with E-state index in [0.717, 1.165) is 12.0 Å². The van der Waals surface area contributed by atoms with E-state index >= 15 is 0 Å². The third-order valence-electron chi connectivity index (χ3n) is 6.13. The molecule has 2 aromatic rings. The van der Waals surface area contributed by atoms with Gasteiger partial charge in [0.25, 0.3) is 0 Å². The first-order valence-electron chi connectivity index (χ1n) is 12.0. The highest BCUT2D eigenvalue weighted by Gasteiger charge is 2.38. The Morgan fingerprint density at radius 1 is 1.16 bits per heavy atom. The Morgan fingerprint density at radius 2 is 1.84 bits per heavy atom. The molecule has 0 spiro atoms. The topological polar surface area (TPSA) is 150 Å². The summed E-state index contributed by atoms with van der Waals surface area (Å²) in [7, 11) is -4.71. The van der Waals surface area contributed by atoms with Crippen molar-refractivity contribution in [1.29, 1.82) is 0 Å². The number of amides is 3. The average Bonchev–Trinajstić information content (AvgIpc) is 3.01. The average molecular weight is 530 g/mol. The summed E-state index contributed by atoms with van der Waals surface area (Å²) in [4.78, 5) is 59.7. The number of carbonyl (C=O) groups excluding carboxylic acids is 3. The van der Waals surface area contributed by atoms with E-state index in [0.29, 0.717) is 31.5 Å². The third kappa shape index (κ3) is 8.28. The molecule has 1 saturated heterocycles. The molecule has 2 atom stereocenters. The van der Waals surface area contributed by atoms with E-state index in [1.54, 1.807) is 4.90 Å². The molecule has 1 fully saturated rings. The second-order valence-corrected chi connectivity index (χ2v) is 10.0. The Balaban J connectivity index is 1.79. The number of hydrogen-bond donors (Lipinski definition) is 3. The van der Waals surface area contributed by atoms with Crippen LogP contribution in [0.15, 0.2) is 60.7 Å². The zero-order valence-corrected chi connectivity index (χ0v) is 21.5. The first-order chi connectivity index (χ1) is 17.5. The fraction of sp³-hybridized carbons (Fsp3) is 0.346. The maximum Gasteiger partial charge on any atom is 0.524 e. The SMILES string of the molecule is CC(=O)N([C@@H](Cc1ccc(OP(=O)(O)O)cc1)C(N)=O)[C@H]1CCCCN(CC=Cc2ccccc2)C1=O. The summed E-state index contributed by atoms with van der Waals surface area (Å²) >= 11 is 0. The molecule has 0 saturated carbocycles. The van der Waals surface area contributed by atoms with E-state index in [1.807, 2.05) is 42.5 Å². The van der Waals surface area contributed by atoms with Crippen LogP contribution in [0.25, 0.3) is 6.08 Å². The molecule has 3 amide bonds. The first kappa shape index (κ1) is 28.1. The van der Waals surface area contributed by atoms with Gasteiger partial charge in [0.15, 0.2) is 0 Å². The Bertz CT molecular complexity index is 1160. The minimum atomic E-state index is -4.71. The molecule has 1 heterocycles. The van der Waals surface area contributed by atoms with Gasteiger partial charge in [-0.2, -0.15) is 0 Å². The third-order valence-corrected chi connectivity index (χ3v) is 6.58. The van der Waals surface area contributed by atoms with Crippen molar-refractivity contribution in [3.05, 3.63) is 71.8 Å². The second-order valence-electron chi connectivity index (χ2n) is 8.88. The van der Waals surface area contributed by atoms with Crippen LogP contribution in [0.3, 0.4) is 0 Å². The molecule has 11 heteroatoms. The predicted molar refractivity (Wildman–Crippen MR) is 138 cm³/mol. The van der Waals surface area contributed by atoms with E-state index in [9.17, 15) is 18.9 Å². The summed E-state index contributed by atoms with van der Waals surface area (Å²) in [6, 6.07) is 13.5. The molecule has 0 unspecified atom stereocenters. The fourth-order valence-electron chi connectivity index (χ4n) is 4.44. The molecule has 3 rings (SSSR count). The van der Waals surface area contributed by atoms with Crippen molar-refractivity contribution < 1.29 is 33.3 Å². The van der Waals surface area contributed by atoms with E-state index in [-0.39, 0.29) is 18.1 Å². The quantitative estimate of drug-likeness (QED) is 0.400. The van der Waals surface area contributed by atoms with Gasteiger partial charge < -0.3 is 20.1 Å². The molecule has 0 aliphatic carbocycles. The van der Waals surface area contributed by atoms with Crippen LogP contribution in [0.5, 0.6) is 5.75 Å². The highest BCUT2D eigenvalue weighted by molar-refractivity contribution is 7.46. The summed E-state index contributed by atoms with van der Waals surface area (Å²) in [5, 5.41) is 0. The molecule has 0 radical (unpaired) electrons. The Labute approximate surface area is 215 Å². The Hall–Kier alpha value is -3.46. The van der Waals surface area contributed by atoms with Crippen molar-refractivity contribution in [3.8, 4) is 5.75 Å². The maximum absolute atomic E-state index is 13.5. The van der Waals surface area contributed by atoms with Crippen LogP contribution in [-0.2, 0) is 25.4 Å². The van der Waals surface area contributed by atoms with Crippen LogP contribution in [0, 0.1) is 0 Å². The van der Waals surface area contributed by atoms with Gasteiger partial charge >= 0.3 is 7.82 Å². The molecule has 2 aromatic carbocycles. The lowest BCUT2D eigenvalue weighted by atomic mass is 9.99. The zero-order chi connectivity index (χ0) is 27.0. The van der Waals surface area contributed by atoms with Crippen molar-refractivity contribution in [2.75, 3.05) is 13.1 Å². The van der Waals surface area contributed by atoms with Gasteiger partial charge in [-0.25, -0.2) is 4.57 Å². The number of benzene rings is 2. The summed E-state index contributed by atoms with van der Waals surface area (Å²) in [6.45, 7) is 2.23. The normalized spacial score (nSPS) is 17.3. The smallest absolute Gasteiger partial charge is 0.404 e. The van der Waals surface area contributed by atoms with Crippen molar-refractivity contribution >= 4 is 31.6 Å². The lowest BCUT2D eigenvalue weighted by Crippen LogP contribution is -2.57. The minimum absolute atomic E-state index is 0.0305. The minimum Gasteiger partial charge on any atom is -0.404 e. The van der Waals surface area contributed by atoms with E-state index in [4.69, 9.17) is 15.5 Å². The van der Waals surface area contributed by atoms with Gasteiger partial charge in [-0.3, -0.25) is 24.2 Å². The van der Waals surface area contributed by atoms with Crippen molar-refractivity contribution in [1.82, 2.24) is 9.80 Å². The van der Waals surface area contributed by atoms with Crippen LogP contribution in [0.4, 0.5) is 0 Å². The van der Waals surface area contributed by atoms with Crippen LogP contribution in [0.2, 0.25) is 0 Å². The number of hydrogen-bond acceptors (Lipinski definition) is 5.